The minimum absolute atomic E-state index is 0.0126. The fraction of sp³-hybridized carbons (Fsp3) is 0.694. The summed E-state index contributed by atoms with van der Waals surface area (Å²) in [5.74, 6) is 2.34. The Bertz CT molecular complexity index is 2140. The van der Waals surface area contributed by atoms with Crippen molar-refractivity contribution in [3.8, 4) is 5.75 Å². The van der Waals surface area contributed by atoms with Gasteiger partial charge < -0.3 is 32.4 Å². The van der Waals surface area contributed by atoms with Gasteiger partial charge in [0.15, 0.2) is 16.6 Å². The van der Waals surface area contributed by atoms with Gasteiger partial charge in [-0.05, 0) is 152 Å². The second kappa shape index (κ2) is 25.5. The molecule has 0 spiro atoms. The van der Waals surface area contributed by atoms with E-state index in [9.17, 15) is 9.90 Å². The Morgan fingerprint density at radius 3 is 1.91 bits per heavy atom. The monoisotopic (exact) mass is 1070 g/mol. The minimum atomic E-state index is -2.10. The molecule has 0 amide bonds. The van der Waals surface area contributed by atoms with Crippen molar-refractivity contribution < 1.29 is 37.2 Å². The fourth-order valence-corrected chi connectivity index (χ4v) is 18.8. The second-order valence-electron chi connectivity index (χ2n) is 25.9. The molecule has 416 valence electrons. The Hall–Kier alpha value is -2.55. The molecule has 74 heavy (non-hydrogen) atoms. The summed E-state index contributed by atoms with van der Waals surface area (Å²) in [5, 5.41) is 12.0. The summed E-state index contributed by atoms with van der Waals surface area (Å²) < 4.78 is 40.9. The number of aliphatic hydroxyl groups is 1. The zero-order chi connectivity index (χ0) is 55.9. The maximum Gasteiger partial charge on any atom is 0.487 e. The average Bonchev–Trinajstić information content (AvgIpc) is 3.65. The number of carbonyl (C=O) groups excluding carboxylic acids is 1. The molecule has 1 aromatic carbocycles. The van der Waals surface area contributed by atoms with Crippen molar-refractivity contribution in [2.24, 2.45) is 35.0 Å². The van der Waals surface area contributed by atoms with Crippen molar-refractivity contribution in [1.82, 2.24) is 0 Å². The number of allylic oxidation sites excluding steroid dienone is 7. The molecule has 1 aromatic rings. The van der Waals surface area contributed by atoms with E-state index in [-0.39, 0.29) is 52.3 Å². The number of hydrogen-bond donors (Lipinski definition) is 1. The van der Waals surface area contributed by atoms with E-state index >= 15 is 0 Å². The zero-order valence-corrected chi connectivity index (χ0v) is 53.7. The quantitative estimate of drug-likeness (QED) is 0.0340. The van der Waals surface area contributed by atoms with Crippen LogP contribution in [-0.4, -0.2) is 72.2 Å². The standard InChI is InChI=1S/C62H105BO8Si3/c1-23-32-50-46(9)43-51-56(59(14,15)44-62(51,20)65)55(50)57(48-36-38-49(39-37-48)67-72(21,22)58(11,12)13)66-54(64)41-35-45(8)34-40-53(69-74(27-5,28-6)29-7)47(10)52(68-73(24-2,25-3)26-4)33-30-31-42-63-70-60(16,17)61(18,19)71-63/h23,30-39,41-43,47,50-53,55-57,65H,24-29,40,44H2,1-22H3/b32-23-,33-30-,41-35+,42-31+,45-34+/t47-,50-,51+,52+,53+,55-,56-,57-,62+/m0/s1. The van der Waals surface area contributed by atoms with Gasteiger partial charge in [-0.1, -0.05) is 161 Å². The van der Waals surface area contributed by atoms with Gasteiger partial charge in [0.1, 0.15) is 11.9 Å². The number of benzene rings is 1. The van der Waals surface area contributed by atoms with Gasteiger partial charge in [0.25, 0.3) is 0 Å². The van der Waals surface area contributed by atoms with Crippen LogP contribution in [0.3, 0.4) is 0 Å². The van der Waals surface area contributed by atoms with E-state index in [0.29, 0.717) is 12.8 Å². The van der Waals surface area contributed by atoms with E-state index in [1.54, 1.807) is 6.08 Å². The fourth-order valence-electron chi connectivity index (χ4n) is 11.9. The van der Waals surface area contributed by atoms with Crippen LogP contribution >= 0.6 is 0 Å². The van der Waals surface area contributed by atoms with Crippen LogP contribution in [0.2, 0.25) is 54.4 Å². The van der Waals surface area contributed by atoms with Crippen LogP contribution in [-0.2, 0) is 27.7 Å². The molecule has 4 rings (SSSR count). The minimum Gasteiger partial charge on any atom is -0.544 e. The van der Waals surface area contributed by atoms with Gasteiger partial charge in [0, 0.05) is 29.7 Å². The number of esters is 1. The second-order valence-corrected chi connectivity index (χ2v) is 40.1. The van der Waals surface area contributed by atoms with Gasteiger partial charge >= 0.3 is 13.1 Å². The van der Waals surface area contributed by atoms with Gasteiger partial charge in [-0.25, -0.2) is 4.79 Å². The first-order valence-electron chi connectivity index (χ1n) is 28.7. The van der Waals surface area contributed by atoms with Crippen molar-refractivity contribution in [3.05, 3.63) is 102 Å². The molecule has 1 saturated heterocycles. The molecule has 1 aliphatic heterocycles. The molecule has 1 saturated carbocycles. The SMILES string of the molecule is C/C=C\[C@H]1C(C)=C[C@@H]2[C@@H]([C@H]1[C@@H](OC(=O)/C=C/C(C)=C/C[C@@H](O[Si](CC)(CC)CC)[C@@H](C)[C@@H](/C=C\C=C\B1OC(C)(C)C(C)(C)O1)O[Si](CC)(CC)CC)c1ccc(O[Si](C)(C)C(C)(C)C)cc1)C(C)(C)C[C@@]2(C)O. The smallest absolute Gasteiger partial charge is 0.487 e. The molecule has 0 unspecified atom stereocenters. The highest BCUT2D eigenvalue weighted by atomic mass is 28.4. The predicted octanol–water partition coefficient (Wildman–Crippen LogP) is 16.9. The summed E-state index contributed by atoms with van der Waals surface area (Å²) >= 11 is 0. The molecule has 1 N–H and O–H groups in total. The lowest BCUT2D eigenvalue weighted by molar-refractivity contribution is -0.150. The first kappa shape index (κ1) is 64.0. The third-order valence-corrected chi connectivity index (χ3v) is 32.5. The summed E-state index contributed by atoms with van der Waals surface area (Å²) in [6, 6.07) is 14.6. The number of rotatable bonds is 25. The Morgan fingerprint density at radius 1 is 0.851 bits per heavy atom. The highest BCUT2D eigenvalue weighted by molar-refractivity contribution is 6.75. The highest BCUT2D eigenvalue weighted by Crippen LogP contribution is 2.63. The van der Waals surface area contributed by atoms with E-state index < -0.39 is 60.9 Å². The molecule has 8 nitrogen and oxygen atoms in total. The Morgan fingerprint density at radius 2 is 1.39 bits per heavy atom. The van der Waals surface area contributed by atoms with Crippen LogP contribution in [0.1, 0.15) is 163 Å². The molecular weight excluding hydrogens is 968 g/mol. The summed E-state index contributed by atoms with van der Waals surface area (Å²) in [5.41, 5.74) is 1.18. The normalized spacial score (nSPS) is 26.2. The maximum absolute atomic E-state index is 14.5. The summed E-state index contributed by atoms with van der Waals surface area (Å²) in [7, 11) is -6.63. The van der Waals surface area contributed by atoms with Crippen molar-refractivity contribution in [3.63, 3.8) is 0 Å². The molecule has 2 aliphatic carbocycles. The molecule has 3 aliphatic rings. The first-order valence-corrected chi connectivity index (χ1v) is 36.7. The van der Waals surface area contributed by atoms with E-state index in [1.807, 2.05) is 37.2 Å². The zero-order valence-electron chi connectivity index (χ0n) is 50.7. The Kier molecular flexibility index (Phi) is 22.0. The van der Waals surface area contributed by atoms with Gasteiger partial charge in [-0.15, -0.1) is 0 Å². The lowest BCUT2D eigenvalue weighted by atomic mass is 9.59. The number of fused-ring (bicyclic) bond motifs is 1. The Labute approximate surface area is 456 Å². The number of hydrogen-bond acceptors (Lipinski definition) is 8. The molecular formula is C62H105BO8Si3. The van der Waals surface area contributed by atoms with Gasteiger partial charge in [-0.3, -0.25) is 0 Å². The van der Waals surface area contributed by atoms with Crippen molar-refractivity contribution >= 4 is 38.0 Å². The van der Waals surface area contributed by atoms with E-state index in [1.165, 1.54) is 5.57 Å². The van der Waals surface area contributed by atoms with E-state index in [2.05, 4.69) is 193 Å². The average molecular weight is 1070 g/mol. The van der Waals surface area contributed by atoms with Crippen molar-refractivity contribution in [2.45, 2.75) is 241 Å². The maximum atomic E-state index is 14.5. The van der Waals surface area contributed by atoms with Crippen LogP contribution in [0.4, 0.5) is 0 Å². The molecule has 2 fully saturated rings. The van der Waals surface area contributed by atoms with Gasteiger partial charge in [0.05, 0.1) is 29.0 Å². The third kappa shape index (κ3) is 15.2. The van der Waals surface area contributed by atoms with Crippen LogP contribution in [0.25, 0.3) is 0 Å². The Balaban J connectivity index is 1.73. The lowest BCUT2D eigenvalue weighted by Gasteiger charge is -2.47. The van der Waals surface area contributed by atoms with E-state index in [4.69, 9.17) is 27.3 Å². The van der Waals surface area contributed by atoms with Crippen molar-refractivity contribution in [2.75, 3.05) is 0 Å². The van der Waals surface area contributed by atoms with Crippen LogP contribution in [0.15, 0.2) is 96.1 Å². The number of ether oxygens (including phenoxy) is 1. The molecule has 1 heterocycles. The largest absolute Gasteiger partial charge is 0.544 e. The first-order chi connectivity index (χ1) is 34.3. The summed E-state index contributed by atoms with van der Waals surface area (Å²) in [6.07, 6.45) is 19.3. The van der Waals surface area contributed by atoms with E-state index in [0.717, 1.165) is 53.2 Å². The van der Waals surface area contributed by atoms with Crippen LogP contribution < -0.4 is 4.43 Å². The summed E-state index contributed by atoms with van der Waals surface area (Å²) in [4.78, 5) is 14.5. The summed E-state index contributed by atoms with van der Waals surface area (Å²) in [6.45, 7) is 48.5. The molecule has 12 heteroatoms. The van der Waals surface area contributed by atoms with Gasteiger partial charge in [0.2, 0.25) is 8.32 Å². The predicted molar refractivity (Wildman–Crippen MR) is 320 cm³/mol. The lowest BCUT2D eigenvalue weighted by Crippen LogP contribution is -2.47. The molecule has 0 radical (unpaired) electrons. The molecule has 9 atom stereocenters. The van der Waals surface area contributed by atoms with Crippen LogP contribution in [0.5, 0.6) is 5.75 Å². The molecule has 0 bridgehead atoms. The van der Waals surface area contributed by atoms with Gasteiger partial charge in [-0.2, -0.15) is 0 Å². The molecule has 0 aromatic heterocycles. The van der Waals surface area contributed by atoms with Crippen molar-refractivity contribution in [1.29, 1.82) is 0 Å². The number of carbonyl (C=O) groups is 1. The topological polar surface area (TPSA) is 92.7 Å². The highest BCUT2D eigenvalue weighted by Gasteiger charge is 2.60. The van der Waals surface area contributed by atoms with Crippen LogP contribution in [0, 0.1) is 35.0 Å². The third-order valence-electron chi connectivity index (χ3n) is 18.9.